The smallest absolute Gasteiger partial charge is 0.306 e. The number of nitrogens with zero attached hydrogens (tertiary/aromatic N) is 3. The van der Waals surface area contributed by atoms with Crippen LogP contribution in [0.3, 0.4) is 0 Å². The van der Waals surface area contributed by atoms with E-state index in [1.54, 1.807) is 10.9 Å². The van der Waals surface area contributed by atoms with Crippen molar-refractivity contribution < 1.29 is 14.7 Å². The van der Waals surface area contributed by atoms with Gasteiger partial charge in [0, 0.05) is 11.4 Å². The lowest BCUT2D eigenvalue weighted by Crippen LogP contribution is -2.32. The van der Waals surface area contributed by atoms with Crippen LogP contribution < -0.4 is 5.32 Å². The summed E-state index contributed by atoms with van der Waals surface area (Å²) in [7, 11) is 0. The molecule has 1 unspecified atom stereocenters. The van der Waals surface area contributed by atoms with Crippen LogP contribution in [-0.4, -0.2) is 32.0 Å². The van der Waals surface area contributed by atoms with E-state index in [4.69, 9.17) is 16.7 Å². The Bertz CT molecular complexity index is 800. The molecule has 0 radical (unpaired) electrons. The minimum Gasteiger partial charge on any atom is -0.481 e. The first-order chi connectivity index (χ1) is 12.9. The van der Waals surface area contributed by atoms with Gasteiger partial charge in [0.05, 0.1) is 24.7 Å². The van der Waals surface area contributed by atoms with Crippen molar-refractivity contribution in [1.29, 1.82) is 0 Å². The van der Waals surface area contributed by atoms with E-state index in [9.17, 15) is 9.59 Å². The fraction of sp³-hybridized carbons (Fsp3) is 0.474. The van der Waals surface area contributed by atoms with Gasteiger partial charge in [-0.15, -0.1) is 5.10 Å². The average Bonchev–Trinajstić information content (AvgIpc) is 3.02. The van der Waals surface area contributed by atoms with Gasteiger partial charge >= 0.3 is 5.97 Å². The van der Waals surface area contributed by atoms with Gasteiger partial charge in [-0.2, -0.15) is 0 Å². The third-order valence-corrected chi connectivity index (χ3v) is 5.14. The third-order valence-electron chi connectivity index (χ3n) is 4.89. The van der Waals surface area contributed by atoms with E-state index >= 15 is 0 Å². The zero-order valence-electron chi connectivity index (χ0n) is 15.1. The minimum absolute atomic E-state index is 0.0272. The van der Waals surface area contributed by atoms with Crippen molar-refractivity contribution in [3.63, 3.8) is 0 Å². The fourth-order valence-electron chi connectivity index (χ4n) is 3.25. The van der Waals surface area contributed by atoms with Gasteiger partial charge in [-0.05, 0) is 42.9 Å². The summed E-state index contributed by atoms with van der Waals surface area (Å²) in [6.45, 7) is 2.36. The van der Waals surface area contributed by atoms with Crippen LogP contribution in [0.4, 0.5) is 0 Å². The fourth-order valence-corrected chi connectivity index (χ4v) is 3.38. The number of carboxylic acid groups (broad SMARTS) is 1. The summed E-state index contributed by atoms with van der Waals surface area (Å²) in [6.07, 6.45) is 4.17. The number of carbonyl (C=O) groups is 2. The number of halogens is 1. The minimum atomic E-state index is -0.758. The number of carboxylic acids is 1. The summed E-state index contributed by atoms with van der Waals surface area (Å²) in [4.78, 5) is 23.0. The van der Waals surface area contributed by atoms with Crippen LogP contribution in [0.25, 0.3) is 0 Å². The molecular formula is C19H23ClN4O3. The molecule has 27 heavy (non-hydrogen) atoms. The highest BCUT2D eigenvalue weighted by Crippen LogP contribution is 2.37. The summed E-state index contributed by atoms with van der Waals surface area (Å²) < 4.78 is 1.70. The molecule has 1 atom stereocenters. The number of hydrogen-bond donors (Lipinski definition) is 2. The summed E-state index contributed by atoms with van der Waals surface area (Å²) >= 11 is 5.88. The Hall–Kier alpha value is -2.41. The van der Waals surface area contributed by atoms with E-state index in [2.05, 4.69) is 15.6 Å². The van der Waals surface area contributed by atoms with Gasteiger partial charge in [0.25, 0.3) is 0 Å². The number of aliphatic carboxylic acids is 1. The van der Waals surface area contributed by atoms with Gasteiger partial charge in [-0.25, -0.2) is 4.68 Å². The van der Waals surface area contributed by atoms with E-state index in [0.717, 1.165) is 12.0 Å². The second-order valence-corrected chi connectivity index (χ2v) is 7.70. The maximum atomic E-state index is 12.1. The second kappa shape index (κ2) is 8.52. The van der Waals surface area contributed by atoms with E-state index in [-0.39, 0.29) is 23.8 Å². The van der Waals surface area contributed by atoms with Crippen molar-refractivity contribution in [2.45, 2.75) is 45.2 Å². The largest absolute Gasteiger partial charge is 0.481 e. The Kier molecular flexibility index (Phi) is 6.11. The predicted molar refractivity (Wildman–Crippen MR) is 100 cm³/mol. The van der Waals surface area contributed by atoms with Crippen molar-refractivity contribution in [1.82, 2.24) is 20.3 Å². The standard InChI is InChI=1S/C19H23ClN4O3/c1-12(6-13-2-4-15(20)5-3-13)7-18(25)21-10-16-11-24(23-22-16)17-8-14(9-17)19(26)27/h2-5,11-12,14,17H,6-10H2,1H3,(H,21,25)(H,26,27). The summed E-state index contributed by atoms with van der Waals surface area (Å²) in [5.74, 6) is -0.860. The van der Waals surface area contributed by atoms with Crippen molar-refractivity contribution in [3.8, 4) is 0 Å². The third kappa shape index (κ3) is 5.29. The molecule has 0 aliphatic heterocycles. The van der Waals surface area contributed by atoms with Gasteiger partial charge in [0.2, 0.25) is 5.91 Å². The SMILES string of the molecule is CC(CC(=O)NCc1cn(C2CC(C(=O)O)C2)nn1)Cc1ccc(Cl)cc1. The molecule has 1 amide bonds. The first kappa shape index (κ1) is 19.4. The number of benzene rings is 1. The Morgan fingerprint density at radius 3 is 2.70 bits per heavy atom. The molecule has 7 nitrogen and oxygen atoms in total. The van der Waals surface area contributed by atoms with Gasteiger partial charge in [0.1, 0.15) is 5.69 Å². The normalized spacial score (nSPS) is 19.9. The van der Waals surface area contributed by atoms with E-state index < -0.39 is 5.97 Å². The van der Waals surface area contributed by atoms with Crippen LogP contribution in [0.1, 0.15) is 43.5 Å². The lowest BCUT2D eigenvalue weighted by Gasteiger charge is -2.31. The highest BCUT2D eigenvalue weighted by molar-refractivity contribution is 6.30. The Morgan fingerprint density at radius 1 is 1.33 bits per heavy atom. The highest BCUT2D eigenvalue weighted by atomic mass is 35.5. The van der Waals surface area contributed by atoms with Crippen LogP contribution in [0, 0.1) is 11.8 Å². The predicted octanol–water partition coefficient (Wildman–Crippen LogP) is 2.85. The molecule has 1 saturated carbocycles. The number of amides is 1. The summed E-state index contributed by atoms with van der Waals surface area (Å²) in [6, 6.07) is 7.75. The molecule has 0 saturated heterocycles. The number of hydrogen-bond acceptors (Lipinski definition) is 4. The number of aromatic nitrogens is 3. The molecule has 1 aliphatic carbocycles. The first-order valence-electron chi connectivity index (χ1n) is 9.05. The lowest BCUT2D eigenvalue weighted by molar-refractivity contribution is -0.146. The quantitative estimate of drug-likeness (QED) is 0.722. The molecule has 1 heterocycles. The molecule has 144 valence electrons. The molecule has 1 fully saturated rings. The number of carbonyl (C=O) groups excluding carboxylic acids is 1. The monoisotopic (exact) mass is 390 g/mol. The van der Waals surface area contributed by atoms with Crippen molar-refractivity contribution >= 4 is 23.5 Å². The van der Waals surface area contributed by atoms with Crippen LogP contribution >= 0.6 is 11.6 Å². The molecule has 0 bridgehead atoms. The van der Waals surface area contributed by atoms with Crippen LogP contribution in [-0.2, 0) is 22.6 Å². The van der Waals surface area contributed by atoms with Crippen molar-refractivity contribution in [3.05, 3.63) is 46.7 Å². The second-order valence-electron chi connectivity index (χ2n) is 7.27. The summed E-state index contributed by atoms with van der Waals surface area (Å²) in [5.41, 5.74) is 1.83. The van der Waals surface area contributed by atoms with E-state index in [0.29, 0.717) is 36.5 Å². The molecule has 1 aliphatic rings. The van der Waals surface area contributed by atoms with Crippen LogP contribution in [0.15, 0.2) is 30.5 Å². The van der Waals surface area contributed by atoms with Crippen molar-refractivity contribution in [2.24, 2.45) is 11.8 Å². The molecule has 1 aromatic carbocycles. The molecule has 8 heteroatoms. The first-order valence-corrected chi connectivity index (χ1v) is 9.43. The van der Waals surface area contributed by atoms with Crippen molar-refractivity contribution in [2.75, 3.05) is 0 Å². The molecule has 2 N–H and O–H groups in total. The molecule has 0 spiro atoms. The Labute approximate surface area is 162 Å². The maximum Gasteiger partial charge on any atom is 0.306 e. The van der Waals surface area contributed by atoms with Crippen LogP contribution in [0.5, 0.6) is 0 Å². The zero-order chi connectivity index (χ0) is 19.4. The number of rotatable bonds is 8. The van der Waals surface area contributed by atoms with Crippen LogP contribution in [0.2, 0.25) is 5.02 Å². The van der Waals surface area contributed by atoms with Gasteiger partial charge in [-0.1, -0.05) is 35.9 Å². The average molecular weight is 391 g/mol. The van der Waals surface area contributed by atoms with E-state index in [1.807, 2.05) is 31.2 Å². The zero-order valence-corrected chi connectivity index (χ0v) is 15.9. The Balaban J connectivity index is 1.40. The Morgan fingerprint density at radius 2 is 2.04 bits per heavy atom. The molecule has 3 rings (SSSR count). The molecule has 2 aromatic rings. The lowest BCUT2D eigenvalue weighted by atomic mass is 9.80. The maximum absolute atomic E-state index is 12.1. The highest BCUT2D eigenvalue weighted by Gasteiger charge is 2.36. The van der Waals surface area contributed by atoms with Gasteiger partial charge in [0.15, 0.2) is 0 Å². The topological polar surface area (TPSA) is 97.1 Å². The van der Waals surface area contributed by atoms with E-state index in [1.165, 1.54) is 0 Å². The van der Waals surface area contributed by atoms with Gasteiger partial charge in [-0.3, -0.25) is 9.59 Å². The summed E-state index contributed by atoms with van der Waals surface area (Å²) in [5, 5.41) is 20.6. The number of nitrogens with one attached hydrogen (secondary N) is 1. The molecule has 1 aromatic heterocycles. The molecular weight excluding hydrogens is 368 g/mol. The van der Waals surface area contributed by atoms with Gasteiger partial charge < -0.3 is 10.4 Å².